The van der Waals surface area contributed by atoms with Crippen LogP contribution in [0.25, 0.3) is 22.0 Å². The van der Waals surface area contributed by atoms with Crippen LogP contribution in [0.2, 0.25) is 5.02 Å². The number of hydrogen-bond acceptors (Lipinski definition) is 6. The molecule has 3 aromatic rings. The van der Waals surface area contributed by atoms with Crippen LogP contribution in [0, 0.1) is 11.6 Å². The number of aromatic nitrogens is 2. The van der Waals surface area contributed by atoms with E-state index >= 15 is 4.39 Å². The van der Waals surface area contributed by atoms with Crippen LogP contribution in [0.15, 0.2) is 40.5 Å². The average molecular weight is 615 g/mol. The van der Waals surface area contributed by atoms with Crippen molar-refractivity contribution in [2.75, 3.05) is 37.4 Å². The van der Waals surface area contributed by atoms with Crippen molar-refractivity contribution >= 4 is 46.0 Å². The minimum Gasteiger partial charge on any atom is -0.379 e. The Bertz CT molecular complexity index is 1630. The Morgan fingerprint density at radius 2 is 1.93 bits per heavy atom. The number of ether oxygens (including phenoxy) is 1. The summed E-state index contributed by atoms with van der Waals surface area (Å²) in [5.74, 6) is -2.48. The molecular formula is C27H24ClF5N4O3S. The number of hydrogen-bond donors (Lipinski definition) is 0. The first-order valence-corrected chi connectivity index (χ1v) is 13.9. The highest BCUT2D eigenvalue weighted by Gasteiger charge is 2.40. The van der Waals surface area contributed by atoms with Crippen LogP contribution in [-0.4, -0.2) is 65.0 Å². The third kappa shape index (κ3) is 5.19. The maximum atomic E-state index is 15.2. The number of carbonyl (C=O) groups is 1. The molecule has 2 aliphatic heterocycles. The lowest BCUT2D eigenvalue weighted by molar-refractivity contribution is -0.137. The zero-order valence-electron chi connectivity index (χ0n) is 21.9. The Hall–Kier alpha value is -3.16. The molecule has 41 heavy (non-hydrogen) atoms. The molecule has 0 saturated carbocycles. The van der Waals surface area contributed by atoms with Gasteiger partial charge in [0, 0.05) is 66.0 Å². The second-order valence-electron chi connectivity index (χ2n) is 9.80. The van der Waals surface area contributed by atoms with E-state index in [2.05, 4.69) is 11.6 Å². The van der Waals surface area contributed by atoms with Gasteiger partial charge in [0.1, 0.15) is 17.5 Å². The van der Waals surface area contributed by atoms with Crippen LogP contribution in [0.4, 0.5) is 27.8 Å². The summed E-state index contributed by atoms with van der Waals surface area (Å²) in [6.45, 7) is 5.92. The minimum absolute atomic E-state index is 0.00621. The molecule has 2 aliphatic rings. The van der Waals surface area contributed by atoms with Gasteiger partial charge >= 0.3 is 11.9 Å². The first-order valence-electron chi connectivity index (χ1n) is 12.5. The third-order valence-corrected chi connectivity index (χ3v) is 8.82. The quantitative estimate of drug-likeness (QED) is 0.224. The van der Waals surface area contributed by atoms with Gasteiger partial charge in [-0.1, -0.05) is 18.2 Å². The molecule has 14 heteroatoms. The van der Waals surface area contributed by atoms with E-state index in [4.69, 9.17) is 16.3 Å². The standard InChI is InChI=1S/C27H24ClF5N4O3S/c1-4-21(38)35-5-6-36(13(2)10-35)25-16-7-17(27(31,32)33)22(15-8-18(28)20(30)9-19(15)29)24-23(16)37(26(39)34-25)11-14(40-3)12-41-24/h4,7-9,13-14H,1,5-6,10-12H2,2-3H3/t13?,14-/m1/s1. The van der Waals surface area contributed by atoms with E-state index in [9.17, 15) is 27.2 Å². The number of rotatable bonds is 4. The monoisotopic (exact) mass is 614 g/mol. The van der Waals surface area contributed by atoms with Crippen molar-refractivity contribution in [1.82, 2.24) is 14.5 Å². The van der Waals surface area contributed by atoms with E-state index in [0.717, 1.165) is 23.9 Å². The molecule has 1 aromatic heterocycles. The Kier molecular flexibility index (Phi) is 7.81. The number of benzene rings is 2. The van der Waals surface area contributed by atoms with Crippen molar-refractivity contribution in [3.05, 3.63) is 63.6 Å². The van der Waals surface area contributed by atoms with Gasteiger partial charge in [-0.05, 0) is 25.1 Å². The number of halogens is 6. The van der Waals surface area contributed by atoms with Gasteiger partial charge in [-0.3, -0.25) is 9.36 Å². The van der Waals surface area contributed by atoms with Crippen LogP contribution in [0.3, 0.4) is 0 Å². The lowest BCUT2D eigenvalue weighted by Crippen LogP contribution is -2.54. The third-order valence-electron chi connectivity index (χ3n) is 7.30. The Labute approximate surface area is 240 Å². The highest BCUT2D eigenvalue weighted by molar-refractivity contribution is 7.99. The van der Waals surface area contributed by atoms with E-state index < -0.39 is 57.4 Å². The topological polar surface area (TPSA) is 67.7 Å². The predicted molar refractivity (Wildman–Crippen MR) is 146 cm³/mol. The number of nitrogens with zero attached hydrogens (tertiary/aromatic N) is 4. The molecule has 1 unspecified atom stereocenters. The van der Waals surface area contributed by atoms with Crippen molar-refractivity contribution in [3.63, 3.8) is 0 Å². The first kappa shape index (κ1) is 29.3. The number of amides is 1. The summed E-state index contributed by atoms with van der Waals surface area (Å²) in [5, 5.41) is -0.521. The normalized spacial score (nSPS) is 19.4. The van der Waals surface area contributed by atoms with Gasteiger partial charge in [-0.15, -0.1) is 11.8 Å². The van der Waals surface area contributed by atoms with Crippen LogP contribution >= 0.6 is 23.4 Å². The van der Waals surface area contributed by atoms with E-state index in [1.54, 1.807) is 16.7 Å². The van der Waals surface area contributed by atoms with Crippen LogP contribution in [-0.2, 0) is 22.3 Å². The molecular weight excluding hydrogens is 591 g/mol. The molecule has 5 rings (SSSR count). The molecule has 7 nitrogen and oxygen atoms in total. The lowest BCUT2D eigenvalue weighted by atomic mass is 9.95. The van der Waals surface area contributed by atoms with Crippen molar-refractivity contribution in [2.24, 2.45) is 0 Å². The van der Waals surface area contributed by atoms with Crippen molar-refractivity contribution < 1.29 is 31.5 Å². The summed E-state index contributed by atoms with van der Waals surface area (Å²) in [5.41, 5.74) is -2.88. The molecule has 0 bridgehead atoms. The molecule has 0 radical (unpaired) electrons. The fourth-order valence-electron chi connectivity index (χ4n) is 5.30. The summed E-state index contributed by atoms with van der Waals surface area (Å²) >= 11 is 6.87. The zero-order valence-corrected chi connectivity index (χ0v) is 23.5. The zero-order chi connectivity index (χ0) is 29.8. The highest BCUT2D eigenvalue weighted by atomic mass is 35.5. The minimum atomic E-state index is -4.97. The molecule has 2 aromatic carbocycles. The largest absolute Gasteiger partial charge is 0.417 e. The molecule has 1 amide bonds. The number of thioether (sulfide) groups is 1. The number of alkyl halides is 3. The molecule has 1 saturated heterocycles. The molecule has 0 N–H and O–H groups in total. The molecule has 2 atom stereocenters. The van der Waals surface area contributed by atoms with Crippen molar-refractivity contribution in [2.45, 2.75) is 36.7 Å². The van der Waals surface area contributed by atoms with Gasteiger partial charge in [0.25, 0.3) is 0 Å². The predicted octanol–water partition coefficient (Wildman–Crippen LogP) is 5.36. The van der Waals surface area contributed by atoms with Gasteiger partial charge in [0.2, 0.25) is 5.91 Å². The molecule has 3 heterocycles. The van der Waals surface area contributed by atoms with Gasteiger partial charge in [-0.25, -0.2) is 13.6 Å². The molecule has 0 aliphatic carbocycles. The first-order chi connectivity index (χ1) is 19.3. The van der Waals surface area contributed by atoms with E-state index in [1.807, 2.05) is 0 Å². The Morgan fingerprint density at radius 1 is 1.20 bits per heavy atom. The highest BCUT2D eigenvalue weighted by Crippen LogP contribution is 2.49. The second kappa shape index (κ2) is 10.9. The Morgan fingerprint density at radius 3 is 2.56 bits per heavy atom. The molecule has 1 fully saturated rings. The SMILES string of the molecule is C=CC(=O)N1CCN(c2nc(=O)n3c4c(c(-c5cc(Cl)c(F)cc5F)c(C(F)(F)F)cc24)SC[C@H](OC)C3)C(C)C1. The van der Waals surface area contributed by atoms with Crippen LogP contribution in [0.1, 0.15) is 12.5 Å². The number of piperazine rings is 1. The summed E-state index contributed by atoms with van der Waals surface area (Å²) in [4.78, 5) is 33.1. The van der Waals surface area contributed by atoms with Crippen molar-refractivity contribution in [1.29, 1.82) is 0 Å². The second-order valence-corrected chi connectivity index (χ2v) is 11.2. The van der Waals surface area contributed by atoms with Gasteiger partial charge in [0.05, 0.1) is 28.8 Å². The molecule has 218 valence electrons. The summed E-state index contributed by atoms with van der Waals surface area (Å²) < 4.78 is 80.1. The van der Waals surface area contributed by atoms with Crippen LogP contribution in [0.5, 0.6) is 0 Å². The molecule has 0 spiro atoms. The van der Waals surface area contributed by atoms with Crippen molar-refractivity contribution in [3.8, 4) is 11.1 Å². The number of methoxy groups -OCH3 is 1. The number of anilines is 1. The fourth-order valence-corrected chi connectivity index (χ4v) is 6.78. The maximum Gasteiger partial charge on any atom is 0.417 e. The van der Waals surface area contributed by atoms with E-state index in [0.29, 0.717) is 6.07 Å². The van der Waals surface area contributed by atoms with Gasteiger partial charge in [0.15, 0.2) is 0 Å². The van der Waals surface area contributed by atoms with Gasteiger partial charge in [-0.2, -0.15) is 18.2 Å². The fraction of sp³-hybridized carbons (Fsp3) is 0.370. The average Bonchev–Trinajstić information content (AvgIpc) is 3.12. The lowest BCUT2D eigenvalue weighted by Gasteiger charge is -2.40. The van der Waals surface area contributed by atoms with E-state index in [1.165, 1.54) is 17.8 Å². The maximum absolute atomic E-state index is 15.2. The Balaban J connectivity index is 1.85. The summed E-state index contributed by atoms with van der Waals surface area (Å²) in [7, 11) is 1.42. The summed E-state index contributed by atoms with van der Waals surface area (Å²) in [6, 6.07) is 1.70. The smallest absolute Gasteiger partial charge is 0.379 e. The van der Waals surface area contributed by atoms with Gasteiger partial charge < -0.3 is 14.5 Å². The summed E-state index contributed by atoms with van der Waals surface area (Å²) in [6.07, 6.45) is -4.36. The number of carbonyl (C=O) groups excluding carboxylic acids is 1. The van der Waals surface area contributed by atoms with E-state index in [-0.39, 0.29) is 59.5 Å². The van der Waals surface area contributed by atoms with Crippen LogP contribution < -0.4 is 10.6 Å².